The topological polar surface area (TPSA) is 111 Å². The molecule has 0 amide bonds. The molecule has 0 bridgehead atoms. The van der Waals surface area contributed by atoms with Crippen LogP contribution in [-0.4, -0.2) is 26.1 Å². The molecule has 0 aromatic heterocycles. The van der Waals surface area contributed by atoms with Crippen LogP contribution in [0.3, 0.4) is 0 Å². The quantitative estimate of drug-likeness (QED) is 0.193. The van der Waals surface area contributed by atoms with E-state index in [-0.39, 0.29) is 16.5 Å². The van der Waals surface area contributed by atoms with Crippen LogP contribution in [0.25, 0.3) is 0 Å². The lowest BCUT2D eigenvalue weighted by Gasteiger charge is -2.10. The van der Waals surface area contributed by atoms with Crippen molar-refractivity contribution in [3.63, 3.8) is 0 Å². The van der Waals surface area contributed by atoms with Gasteiger partial charge in [-0.1, -0.05) is 53.7 Å². The van der Waals surface area contributed by atoms with Gasteiger partial charge in [-0.3, -0.25) is 0 Å². The van der Waals surface area contributed by atoms with Crippen LogP contribution in [0.1, 0.15) is 11.1 Å². The summed E-state index contributed by atoms with van der Waals surface area (Å²) in [7, 11) is -3.90. The Balaban J connectivity index is 1.59. The lowest BCUT2D eigenvalue weighted by Crippen LogP contribution is -2.13. The normalized spacial score (nSPS) is 11.8. The molecule has 0 spiro atoms. The SMILES string of the molecule is NC(=NO)c1ccc(CCOc2cccc(OS(=O)(=O)c3ccccc3)c2)cc1. The fourth-order valence-corrected chi connectivity index (χ4v) is 3.51. The van der Waals surface area contributed by atoms with E-state index in [9.17, 15) is 8.42 Å². The van der Waals surface area contributed by atoms with Gasteiger partial charge >= 0.3 is 10.1 Å². The van der Waals surface area contributed by atoms with Crippen molar-refractivity contribution in [2.75, 3.05) is 6.61 Å². The first-order chi connectivity index (χ1) is 14.0. The summed E-state index contributed by atoms with van der Waals surface area (Å²) in [6.45, 7) is 0.387. The van der Waals surface area contributed by atoms with Gasteiger partial charge in [-0.05, 0) is 29.8 Å². The molecule has 29 heavy (non-hydrogen) atoms. The molecule has 0 saturated heterocycles. The Morgan fingerprint density at radius 3 is 2.31 bits per heavy atom. The van der Waals surface area contributed by atoms with E-state index in [1.165, 1.54) is 18.2 Å². The minimum absolute atomic E-state index is 0.0510. The maximum Gasteiger partial charge on any atom is 0.339 e. The Morgan fingerprint density at radius 2 is 1.62 bits per heavy atom. The average molecular weight is 412 g/mol. The van der Waals surface area contributed by atoms with Gasteiger partial charge in [0.2, 0.25) is 0 Å². The standard InChI is InChI=1S/C21H20N2O5S/c22-21(23-24)17-11-9-16(10-12-17)13-14-27-18-5-4-6-19(15-18)28-29(25,26)20-7-2-1-3-8-20/h1-12,15,24H,13-14H2,(H2,22,23). The molecule has 3 aromatic carbocycles. The predicted molar refractivity (Wildman–Crippen MR) is 109 cm³/mol. The zero-order valence-electron chi connectivity index (χ0n) is 15.4. The van der Waals surface area contributed by atoms with Crippen LogP contribution in [0.5, 0.6) is 11.5 Å². The third-order valence-corrected chi connectivity index (χ3v) is 5.32. The second-order valence-corrected chi connectivity index (χ2v) is 7.65. The van der Waals surface area contributed by atoms with Gasteiger partial charge in [-0.2, -0.15) is 8.42 Å². The minimum atomic E-state index is -3.90. The van der Waals surface area contributed by atoms with E-state index in [1.54, 1.807) is 48.5 Å². The van der Waals surface area contributed by atoms with Gasteiger partial charge in [0.1, 0.15) is 16.4 Å². The molecule has 0 aliphatic rings. The Hall–Kier alpha value is -3.52. The lowest BCUT2D eigenvalue weighted by atomic mass is 10.1. The molecule has 7 nitrogen and oxygen atoms in total. The van der Waals surface area contributed by atoms with Gasteiger partial charge in [0, 0.05) is 18.1 Å². The summed E-state index contributed by atoms with van der Waals surface area (Å²) >= 11 is 0. The third kappa shape index (κ3) is 5.49. The molecule has 0 fully saturated rings. The van der Waals surface area contributed by atoms with E-state index in [1.807, 2.05) is 12.1 Å². The molecular weight excluding hydrogens is 392 g/mol. The number of nitrogens with two attached hydrogens (primary N) is 1. The fraction of sp³-hybridized carbons (Fsp3) is 0.0952. The number of rotatable bonds is 8. The Bertz CT molecular complexity index is 1080. The number of oxime groups is 1. The van der Waals surface area contributed by atoms with Crippen molar-refractivity contribution < 1.29 is 22.5 Å². The van der Waals surface area contributed by atoms with E-state index in [0.717, 1.165) is 5.56 Å². The van der Waals surface area contributed by atoms with Crippen LogP contribution < -0.4 is 14.7 Å². The summed E-state index contributed by atoms with van der Waals surface area (Å²) < 4.78 is 35.5. The highest BCUT2D eigenvalue weighted by molar-refractivity contribution is 7.87. The molecule has 8 heteroatoms. The number of nitrogens with zero attached hydrogens (tertiary/aromatic N) is 1. The third-order valence-electron chi connectivity index (χ3n) is 4.06. The van der Waals surface area contributed by atoms with E-state index in [2.05, 4.69) is 5.16 Å². The van der Waals surface area contributed by atoms with Crippen LogP contribution in [0, 0.1) is 0 Å². The Kier molecular flexibility index (Phi) is 6.36. The smallest absolute Gasteiger partial charge is 0.339 e. The van der Waals surface area contributed by atoms with Crippen molar-refractivity contribution in [3.05, 3.63) is 90.0 Å². The van der Waals surface area contributed by atoms with Crippen molar-refractivity contribution in [3.8, 4) is 11.5 Å². The van der Waals surface area contributed by atoms with Crippen LogP contribution in [-0.2, 0) is 16.5 Å². The molecule has 3 rings (SSSR count). The van der Waals surface area contributed by atoms with Gasteiger partial charge in [0.15, 0.2) is 5.84 Å². The second-order valence-electron chi connectivity index (χ2n) is 6.11. The van der Waals surface area contributed by atoms with Crippen molar-refractivity contribution in [2.45, 2.75) is 11.3 Å². The second kappa shape index (κ2) is 9.11. The summed E-state index contributed by atoms with van der Waals surface area (Å²) in [5.74, 6) is 0.726. The molecule has 0 aliphatic carbocycles. The highest BCUT2D eigenvalue weighted by atomic mass is 32.2. The molecule has 3 aromatic rings. The fourth-order valence-electron chi connectivity index (χ4n) is 2.56. The Morgan fingerprint density at radius 1 is 0.931 bits per heavy atom. The summed E-state index contributed by atoms with van der Waals surface area (Å²) in [5, 5.41) is 11.6. The maximum atomic E-state index is 12.3. The first-order valence-electron chi connectivity index (χ1n) is 8.77. The van der Waals surface area contributed by atoms with Gasteiger partial charge in [0.25, 0.3) is 0 Å². The van der Waals surface area contributed by atoms with Gasteiger partial charge in [-0.15, -0.1) is 0 Å². The van der Waals surface area contributed by atoms with E-state index in [4.69, 9.17) is 19.9 Å². The first kappa shape index (κ1) is 20.2. The molecule has 150 valence electrons. The van der Waals surface area contributed by atoms with Crippen LogP contribution in [0.2, 0.25) is 0 Å². The van der Waals surface area contributed by atoms with E-state index < -0.39 is 10.1 Å². The number of hydrogen-bond acceptors (Lipinski definition) is 6. The van der Waals surface area contributed by atoms with Crippen molar-refractivity contribution in [1.82, 2.24) is 0 Å². The summed E-state index contributed by atoms with van der Waals surface area (Å²) in [5.41, 5.74) is 7.18. The predicted octanol–water partition coefficient (Wildman–Crippen LogP) is 3.17. The zero-order chi connectivity index (χ0) is 20.7. The first-order valence-corrected chi connectivity index (χ1v) is 10.2. The molecule has 3 N–H and O–H groups in total. The van der Waals surface area contributed by atoms with Crippen LogP contribution in [0.4, 0.5) is 0 Å². The number of ether oxygens (including phenoxy) is 1. The van der Waals surface area contributed by atoms with Crippen molar-refractivity contribution in [2.24, 2.45) is 10.9 Å². The van der Waals surface area contributed by atoms with Gasteiger partial charge in [-0.25, -0.2) is 0 Å². The van der Waals surface area contributed by atoms with Crippen molar-refractivity contribution in [1.29, 1.82) is 0 Å². The molecule has 0 heterocycles. The zero-order valence-corrected chi connectivity index (χ0v) is 16.2. The largest absolute Gasteiger partial charge is 0.493 e. The lowest BCUT2D eigenvalue weighted by molar-refractivity contribution is 0.318. The summed E-state index contributed by atoms with van der Waals surface area (Å²) in [4.78, 5) is 0.0849. The van der Waals surface area contributed by atoms with E-state index >= 15 is 0 Å². The van der Waals surface area contributed by atoms with Gasteiger partial charge < -0.3 is 19.9 Å². The molecule has 0 radical (unpaired) electrons. The summed E-state index contributed by atoms with van der Waals surface area (Å²) in [6.07, 6.45) is 0.629. The summed E-state index contributed by atoms with van der Waals surface area (Å²) in [6, 6.07) is 21.7. The maximum absolute atomic E-state index is 12.3. The highest BCUT2D eigenvalue weighted by Crippen LogP contribution is 2.23. The average Bonchev–Trinajstić information content (AvgIpc) is 2.74. The minimum Gasteiger partial charge on any atom is -0.493 e. The Labute approximate surface area is 169 Å². The van der Waals surface area contributed by atoms with Crippen LogP contribution >= 0.6 is 0 Å². The van der Waals surface area contributed by atoms with Gasteiger partial charge in [0.05, 0.1) is 6.61 Å². The monoisotopic (exact) mass is 412 g/mol. The van der Waals surface area contributed by atoms with Crippen LogP contribution in [0.15, 0.2) is 88.9 Å². The number of amidine groups is 1. The molecule has 0 unspecified atom stereocenters. The number of hydrogen-bond donors (Lipinski definition) is 2. The molecule has 0 atom stereocenters. The van der Waals surface area contributed by atoms with Crippen molar-refractivity contribution >= 4 is 16.0 Å². The number of benzene rings is 3. The molecular formula is C21H20N2O5S. The molecule has 0 aliphatic heterocycles. The highest BCUT2D eigenvalue weighted by Gasteiger charge is 2.16. The van der Waals surface area contributed by atoms with E-state index in [0.29, 0.717) is 24.3 Å². The molecule has 0 saturated carbocycles.